The standard InChI is InChI=1S/C40H24O/c1-3-13-28-25(10-1)12-9-19-30(28)39-33-17-7-5-15-31(33)38(32-16-6-8-18-34(32)39)27-21-23-37-36(24-27)35-22-20-26-11-2-4-14-29(26)40(35)41-37/h1-24H/i5D,6D,7D,8D,15D,16D,17D,18D. The summed E-state index contributed by atoms with van der Waals surface area (Å²) in [6, 6.07) is 27.9. The number of hydrogen-bond donors (Lipinski definition) is 0. The van der Waals surface area contributed by atoms with E-state index in [-0.39, 0.29) is 45.7 Å². The van der Waals surface area contributed by atoms with E-state index in [9.17, 15) is 5.48 Å². The molecule has 0 fully saturated rings. The van der Waals surface area contributed by atoms with Crippen molar-refractivity contribution in [2.24, 2.45) is 0 Å². The van der Waals surface area contributed by atoms with E-state index in [1.165, 1.54) is 0 Å². The summed E-state index contributed by atoms with van der Waals surface area (Å²) in [7, 11) is 0. The molecule has 0 saturated carbocycles. The quantitative estimate of drug-likeness (QED) is 0.203. The van der Waals surface area contributed by atoms with Crippen LogP contribution >= 0.6 is 0 Å². The van der Waals surface area contributed by atoms with E-state index in [0.717, 1.165) is 37.9 Å². The highest BCUT2D eigenvalue weighted by Crippen LogP contribution is 2.46. The first kappa shape index (κ1) is 16.0. The van der Waals surface area contributed by atoms with Gasteiger partial charge in [-0.2, -0.15) is 0 Å². The summed E-state index contributed by atoms with van der Waals surface area (Å²) < 4.78 is 78.4. The fraction of sp³-hybridized carbons (Fsp3) is 0. The molecule has 0 amide bonds. The van der Waals surface area contributed by atoms with Crippen LogP contribution in [0.2, 0.25) is 0 Å². The summed E-state index contributed by atoms with van der Waals surface area (Å²) in [5, 5.41) is 6.05. The highest BCUT2D eigenvalue weighted by molar-refractivity contribution is 6.24. The normalized spacial score (nSPS) is 14.6. The highest BCUT2D eigenvalue weighted by atomic mass is 16.3. The van der Waals surface area contributed by atoms with Crippen LogP contribution in [-0.4, -0.2) is 0 Å². The topological polar surface area (TPSA) is 13.1 Å². The fourth-order valence-electron chi connectivity index (χ4n) is 6.29. The highest BCUT2D eigenvalue weighted by Gasteiger charge is 2.19. The molecule has 0 aliphatic rings. The van der Waals surface area contributed by atoms with Crippen molar-refractivity contribution in [3.8, 4) is 22.3 Å². The minimum atomic E-state index is -0.427. The third-order valence-corrected chi connectivity index (χ3v) is 8.08. The summed E-state index contributed by atoms with van der Waals surface area (Å²) in [5.74, 6) is 0. The zero-order valence-electron chi connectivity index (χ0n) is 29.6. The Kier molecular flexibility index (Phi) is 3.34. The van der Waals surface area contributed by atoms with Gasteiger partial charge in [-0.1, -0.05) is 127 Å². The van der Waals surface area contributed by atoms with Crippen LogP contribution in [0.3, 0.4) is 0 Å². The minimum absolute atomic E-state index is 0.184. The number of hydrogen-bond acceptors (Lipinski definition) is 1. The van der Waals surface area contributed by atoms with Crippen LogP contribution in [0.1, 0.15) is 11.0 Å². The Labute approximate surface area is 248 Å². The largest absolute Gasteiger partial charge is 0.455 e. The third-order valence-electron chi connectivity index (χ3n) is 8.08. The van der Waals surface area contributed by atoms with Gasteiger partial charge in [-0.05, 0) is 78.2 Å². The monoisotopic (exact) mass is 528 g/mol. The molecule has 0 unspecified atom stereocenters. The second-order valence-electron chi connectivity index (χ2n) is 10.3. The van der Waals surface area contributed by atoms with Crippen LogP contribution in [-0.2, 0) is 0 Å². The van der Waals surface area contributed by atoms with E-state index in [4.69, 9.17) is 9.90 Å². The Morgan fingerprint density at radius 3 is 1.78 bits per heavy atom. The number of benzene rings is 8. The molecule has 9 rings (SSSR count). The molecule has 8 aromatic carbocycles. The van der Waals surface area contributed by atoms with Gasteiger partial charge in [0, 0.05) is 16.2 Å². The van der Waals surface area contributed by atoms with Crippen LogP contribution < -0.4 is 0 Å². The molecule has 0 bridgehead atoms. The first-order valence-corrected chi connectivity index (χ1v) is 13.5. The lowest BCUT2D eigenvalue weighted by Crippen LogP contribution is -1.91. The Hall–Kier alpha value is -5.40. The molecule has 1 nitrogen and oxygen atoms in total. The predicted octanol–water partition coefficient (Wildman–Crippen LogP) is 11.5. The first-order valence-electron chi connectivity index (χ1n) is 17.5. The summed E-state index contributed by atoms with van der Waals surface area (Å²) in [4.78, 5) is 0. The van der Waals surface area contributed by atoms with E-state index in [1.807, 2.05) is 91.0 Å². The maximum absolute atomic E-state index is 9.29. The summed E-state index contributed by atoms with van der Waals surface area (Å²) >= 11 is 0. The third kappa shape index (κ3) is 3.24. The molecule has 0 aliphatic heterocycles. The van der Waals surface area contributed by atoms with E-state index in [2.05, 4.69) is 0 Å². The van der Waals surface area contributed by atoms with Crippen molar-refractivity contribution in [1.29, 1.82) is 0 Å². The number of furan rings is 1. The molecule has 0 radical (unpaired) electrons. The zero-order valence-corrected chi connectivity index (χ0v) is 21.6. The van der Waals surface area contributed by atoms with E-state index >= 15 is 0 Å². The van der Waals surface area contributed by atoms with E-state index < -0.39 is 24.2 Å². The summed E-state index contributed by atoms with van der Waals surface area (Å²) in [6.45, 7) is 0. The van der Waals surface area contributed by atoms with Crippen molar-refractivity contribution in [1.82, 2.24) is 0 Å². The van der Waals surface area contributed by atoms with Crippen molar-refractivity contribution < 1.29 is 15.4 Å². The molecule has 0 atom stereocenters. The van der Waals surface area contributed by atoms with Crippen LogP contribution in [0.25, 0.3) is 87.3 Å². The number of fused-ring (bicyclic) bond motifs is 8. The lowest BCUT2D eigenvalue weighted by atomic mass is 9.84. The summed E-state index contributed by atoms with van der Waals surface area (Å²) in [6.07, 6.45) is 0. The van der Waals surface area contributed by atoms with Gasteiger partial charge in [0.15, 0.2) is 0 Å². The number of rotatable bonds is 2. The molecule has 1 heteroatoms. The lowest BCUT2D eigenvalue weighted by Gasteiger charge is -2.18. The average molecular weight is 529 g/mol. The molecule has 9 aromatic rings. The van der Waals surface area contributed by atoms with Gasteiger partial charge in [0.1, 0.15) is 11.2 Å². The smallest absolute Gasteiger partial charge is 0.143 e. The molecule has 0 saturated heterocycles. The maximum Gasteiger partial charge on any atom is 0.143 e. The molecule has 1 aromatic heterocycles. The molecule has 0 spiro atoms. The molecule has 190 valence electrons. The van der Waals surface area contributed by atoms with Crippen molar-refractivity contribution in [2.45, 2.75) is 0 Å². The van der Waals surface area contributed by atoms with Crippen LogP contribution in [0.5, 0.6) is 0 Å². The van der Waals surface area contributed by atoms with Gasteiger partial charge in [-0.15, -0.1) is 0 Å². The van der Waals surface area contributed by atoms with Gasteiger partial charge >= 0.3 is 0 Å². The second-order valence-corrected chi connectivity index (χ2v) is 10.3. The van der Waals surface area contributed by atoms with Crippen LogP contribution in [0, 0.1) is 0 Å². The van der Waals surface area contributed by atoms with Gasteiger partial charge in [0.2, 0.25) is 0 Å². The van der Waals surface area contributed by atoms with Gasteiger partial charge < -0.3 is 4.42 Å². The summed E-state index contributed by atoms with van der Waals surface area (Å²) in [5.41, 5.74) is 3.14. The van der Waals surface area contributed by atoms with E-state index in [1.54, 1.807) is 6.07 Å². The molecular weight excluding hydrogens is 496 g/mol. The lowest BCUT2D eigenvalue weighted by molar-refractivity contribution is 0.672. The molecule has 0 aliphatic carbocycles. The van der Waals surface area contributed by atoms with Crippen molar-refractivity contribution >= 4 is 65.0 Å². The van der Waals surface area contributed by atoms with Gasteiger partial charge in [-0.3, -0.25) is 0 Å². The van der Waals surface area contributed by atoms with Crippen molar-refractivity contribution in [3.05, 3.63) is 145 Å². The Morgan fingerprint density at radius 2 is 1.05 bits per heavy atom. The van der Waals surface area contributed by atoms with Gasteiger partial charge in [-0.25, -0.2) is 0 Å². The first-order chi connectivity index (χ1) is 23.7. The molecular formula is C40H24O. The Morgan fingerprint density at radius 1 is 0.439 bits per heavy atom. The second kappa shape index (κ2) is 8.55. The molecule has 0 N–H and O–H groups in total. The zero-order chi connectivity index (χ0) is 33.9. The molecule has 41 heavy (non-hydrogen) atoms. The van der Waals surface area contributed by atoms with Gasteiger partial charge in [0.05, 0.1) is 11.0 Å². The van der Waals surface area contributed by atoms with Crippen LogP contribution in [0.4, 0.5) is 0 Å². The van der Waals surface area contributed by atoms with Crippen molar-refractivity contribution in [3.63, 3.8) is 0 Å². The van der Waals surface area contributed by atoms with Gasteiger partial charge in [0.25, 0.3) is 0 Å². The van der Waals surface area contributed by atoms with Crippen LogP contribution in [0.15, 0.2) is 150 Å². The SMILES string of the molecule is [2H]c1c([2H])c([2H])c2c(-c3cccc4ccccc34)c3c([2H])c([2H])c([2H])c([2H])c3c(-c3ccc4oc5c6ccccc6ccc5c4c3)c2c1[2H]. The Bertz CT molecular complexity index is 2840. The minimum Gasteiger partial charge on any atom is -0.455 e. The molecule has 1 heterocycles. The fourth-order valence-corrected chi connectivity index (χ4v) is 6.29. The van der Waals surface area contributed by atoms with E-state index in [0.29, 0.717) is 27.8 Å². The average Bonchev–Trinajstić information content (AvgIpc) is 3.51. The predicted molar refractivity (Wildman–Crippen MR) is 175 cm³/mol. The Balaban J connectivity index is 1.54. The maximum atomic E-state index is 9.29. The van der Waals surface area contributed by atoms with Crippen molar-refractivity contribution in [2.75, 3.05) is 0 Å².